The molecule has 1 aromatic carbocycles. The average Bonchev–Trinajstić information content (AvgIpc) is 2.66. The molecule has 90 valence electrons. The summed E-state index contributed by atoms with van der Waals surface area (Å²) in [6.07, 6.45) is 1.30. The minimum atomic E-state index is -0.354. The van der Waals surface area contributed by atoms with E-state index in [0.717, 1.165) is 15.2 Å². The van der Waals surface area contributed by atoms with Gasteiger partial charge in [-0.2, -0.15) is 0 Å². The maximum absolute atomic E-state index is 13.1. The van der Waals surface area contributed by atoms with E-state index in [1.165, 1.54) is 6.08 Å². The lowest BCUT2D eigenvalue weighted by atomic mass is 10.3. The molecule has 0 amide bonds. The lowest BCUT2D eigenvalue weighted by Gasteiger charge is -2.03. The summed E-state index contributed by atoms with van der Waals surface area (Å²) >= 11 is 1.59. The summed E-state index contributed by atoms with van der Waals surface area (Å²) in [5, 5.41) is 1.01. The van der Waals surface area contributed by atoms with Crippen LogP contribution in [-0.2, 0) is 0 Å². The van der Waals surface area contributed by atoms with Gasteiger partial charge in [0, 0.05) is 6.54 Å². The fourth-order valence-electron chi connectivity index (χ4n) is 1.45. The molecule has 0 atom stereocenters. The van der Waals surface area contributed by atoms with E-state index in [-0.39, 0.29) is 19.0 Å². The summed E-state index contributed by atoms with van der Waals surface area (Å²) in [5.41, 5.74) is 6.14. The van der Waals surface area contributed by atoms with Gasteiger partial charge >= 0.3 is 0 Å². The van der Waals surface area contributed by atoms with Gasteiger partial charge < -0.3 is 10.5 Å². The summed E-state index contributed by atoms with van der Waals surface area (Å²) in [5.74, 6) is 0.287. The van der Waals surface area contributed by atoms with Crippen LogP contribution in [0.1, 0.15) is 5.01 Å². The van der Waals surface area contributed by atoms with Crippen LogP contribution in [-0.4, -0.2) is 18.1 Å². The quantitative estimate of drug-likeness (QED) is 0.910. The van der Waals surface area contributed by atoms with Gasteiger partial charge in [-0.25, -0.2) is 9.37 Å². The number of aromatic nitrogens is 1. The zero-order chi connectivity index (χ0) is 12.3. The maximum Gasteiger partial charge on any atom is 0.139 e. The van der Waals surface area contributed by atoms with E-state index in [2.05, 4.69) is 4.98 Å². The largest absolute Gasteiger partial charge is 0.486 e. The Labute approximate surface area is 103 Å². The highest BCUT2D eigenvalue weighted by Gasteiger charge is 2.03. The zero-order valence-electron chi connectivity index (χ0n) is 9.44. The van der Waals surface area contributed by atoms with Crippen molar-refractivity contribution < 1.29 is 9.13 Å². The van der Waals surface area contributed by atoms with Crippen LogP contribution in [0, 0.1) is 6.92 Å². The molecular weight excluding hydrogens is 239 g/mol. The molecule has 2 N–H and O–H groups in total. The van der Waals surface area contributed by atoms with Crippen molar-refractivity contribution in [3.8, 4) is 5.75 Å². The van der Waals surface area contributed by atoms with E-state index >= 15 is 0 Å². The molecule has 0 saturated carbocycles. The summed E-state index contributed by atoms with van der Waals surface area (Å²) in [4.78, 5) is 4.34. The van der Waals surface area contributed by atoms with Crippen LogP contribution in [0.5, 0.6) is 5.75 Å². The fourth-order valence-corrected chi connectivity index (χ4v) is 2.30. The molecule has 2 aromatic rings. The summed E-state index contributed by atoms with van der Waals surface area (Å²) in [6, 6.07) is 5.53. The van der Waals surface area contributed by atoms with Crippen molar-refractivity contribution in [3.05, 3.63) is 35.1 Å². The van der Waals surface area contributed by atoms with Gasteiger partial charge in [-0.05, 0) is 31.2 Å². The number of fused-ring (bicyclic) bond motifs is 1. The van der Waals surface area contributed by atoms with E-state index in [1.54, 1.807) is 17.4 Å². The Balaban J connectivity index is 2.11. The molecule has 0 unspecified atom stereocenters. The Morgan fingerprint density at radius 3 is 3.18 bits per heavy atom. The van der Waals surface area contributed by atoms with E-state index in [0.29, 0.717) is 5.75 Å². The first-order chi connectivity index (χ1) is 8.19. The number of halogens is 1. The first kappa shape index (κ1) is 12.0. The van der Waals surface area contributed by atoms with Crippen LogP contribution in [0.3, 0.4) is 0 Å². The molecule has 0 aliphatic heterocycles. The number of ether oxygens (including phenoxy) is 1. The Kier molecular flexibility index (Phi) is 3.71. The van der Waals surface area contributed by atoms with Gasteiger partial charge in [-0.15, -0.1) is 11.3 Å². The standard InChI is InChI=1S/C12H13FN2OS/c1-8-15-11-3-2-10(6-12(11)17-8)16-7-9(13)4-5-14/h2-4,6H,5,7,14H2,1H3. The predicted molar refractivity (Wildman–Crippen MR) is 68.1 cm³/mol. The molecule has 0 saturated heterocycles. The SMILES string of the molecule is Cc1nc2ccc(OCC(F)=CCN)cc2s1. The second kappa shape index (κ2) is 5.25. The van der Waals surface area contributed by atoms with Gasteiger partial charge in [-0.3, -0.25) is 0 Å². The third-order valence-corrected chi connectivity index (χ3v) is 3.12. The van der Waals surface area contributed by atoms with Crippen LogP contribution in [0.4, 0.5) is 4.39 Å². The predicted octanol–water partition coefficient (Wildman–Crippen LogP) is 2.80. The Morgan fingerprint density at radius 2 is 2.41 bits per heavy atom. The van der Waals surface area contributed by atoms with Crippen LogP contribution in [0.15, 0.2) is 30.1 Å². The summed E-state index contributed by atoms with van der Waals surface area (Å²) < 4.78 is 19.4. The molecule has 1 aromatic heterocycles. The molecule has 17 heavy (non-hydrogen) atoms. The first-order valence-electron chi connectivity index (χ1n) is 5.23. The lowest BCUT2D eigenvalue weighted by molar-refractivity contribution is 0.318. The Bertz CT molecular complexity index is 550. The minimum absolute atomic E-state index is 0.0828. The van der Waals surface area contributed by atoms with Gasteiger partial charge in [0.25, 0.3) is 0 Å². The Morgan fingerprint density at radius 1 is 1.59 bits per heavy atom. The number of aryl methyl sites for hydroxylation is 1. The van der Waals surface area contributed by atoms with Crippen molar-refractivity contribution in [1.82, 2.24) is 4.98 Å². The number of rotatable bonds is 4. The molecular formula is C12H13FN2OS. The molecule has 0 aliphatic carbocycles. The molecule has 1 heterocycles. The highest BCUT2D eigenvalue weighted by Crippen LogP contribution is 2.26. The lowest BCUT2D eigenvalue weighted by Crippen LogP contribution is -2.01. The van der Waals surface area contributed by atoms with Crippen molar-refractivity contribution in [2.24, 2.45) is 5.73 Å². The molecule has 2 rings (SSSR count). The number of nitrogens with two attached hydrogens (primary N) is 1. The number of hydrogen-bond acceptors (Lipinski definition) is 4. The average molecular weight is 252 g/mol. The number of thiazole rings is 1. The van der Waals surface area contributed by atoms with E-state index < -0.39 is 0 Å². The second-order valence-electron chi connectivity index (χ2n) is 3.54. The van der Waals surface area contributed by atoms with Crippen molar-refractivity contribution in [2.75, 3.05) is 13.2 Å². The monoisotopic (exact) mass is 252 g/mol. The molecule has 0 fully saturated rings. The first-order valence-corrected chi connectivity index (χ1v) is 6.05. The molecule has 5 heteroatoms. The summed E-state index contributed by atoms with van der Waals surface area (Å²) in [6.45, 7) is 2.05. The smallest absolute Gasteiger partial charge is 0.139 e. The third-order valence-electron chi connectivity index (χ3n) is 2.18. The topological polar surface area (TPSA) is 48.1 Å². The maximum atomic E-state index is 13.1. The molecule has 3 nitrogen and oxygen atoms in total. The van der Waals surface area contributed by atoms with E-state index in [1.807, 2.05) is 19.1 Å². The second-order valence-corrected chi connectivity index (χ2v) is 4.77. The van der Waals surface area contributed by atoms with Crippen LogP contribution >= 0.6 is 11.3 Å². The number of nitrogens with zero attached hydrogens (tertiary/aromatic N) is 1. The number of benzene rings is 1. The van der Waals surface area contributed by atoms with Gasteiger partial charge in [-0.1, -0.05) is 0 Å². The Hall–Kier alpha value is -1.46. The van der Waals surface area contributed by atoms with Gasteiger partial charge in [0.1, 0.15) is 18.2 Å². The molecule has 0 bridgehead atoms. The van der Waals surface area contributed by atoms with Crippen molar-refractivity contribution in [1.29, 1.82) is 0 Å². The van der Waals surface area contributed by atoms with E-state index in [9.17, 15) is 4.39 Å². The van der Waals surface area contributed by atoms with Gasteiger partial charge in [0.2, 0.25) is 0 Å². The minimum Gasteiger partial charge on any atom is -0.486 e. The highest BCUT2D eigenvalue weighted by molar-refractivity contribution is 7.18. The highest BCUT2D eigenvalue weighted by atomic mass is 32.1. The number of hydrogen-bond donors (Lipinski definition) is 1. The van der Waals surface area contributed by atoms with Crippen LogP contribution < -0.4 is 10.5 Å². The van der Waals surface area contributed by atoms with Crippen molar-refractivity contribution >= 4 is 21.6 Å². The summed E-state index contributed by atoms with van der Waals surface area (Å²) in [7, 11) is 0. The van der Waals surface area contributed by atoms with Crippen molar-refractivity contribution in [2.45, 2.75) is 6.92 Å². The van der Waals surface area contributed by atoms with Gasteiger partial charge in [0.05, 0.1) is 15.2 Å². The van der Waals surface area contributed by atoms with Gasteiger partial charge in [0.15, 0.2) is 0 Å². The van der Waals surface area contributed by atoms with Crippen LogP contribution in [0.25, 0.3) is 10.2 Å². The molecule has 0 radical (unpaired) electrons. The molecule has 0 spiro atoms. The fraction of sp³-hybridized carbons (Fsp3) is 0.250. The normalized spacial score (nSPS) is 12.1. The molecule has 0 aliphatic rings. The zero-order valence-corrected chi connectivity index (χ0v) is 10.3. The van der Waals surface area contributed by atoms with Crippen molar-refractivity contribution in [3.63, 3.8) is 0 Å². The van der Waals surface area contributed by atoms with Crippen LogP contribution in [0.2, 0.25) is 0 Å². The third kappa shape index (κ3) is 3.01. The van der Waals surface area contributed by atoms with E-state index in [4.69, 9.17) is 10.5 Å².